The third-order valence-electron chi connectivity index (χ3n) is 4.16. The maximum absolute atomic E-state index is 12.2. The number of nitrogens with two attached hydrogens (primary N) is 1. The highest BCUT2D eigenvalue weighted by Gasteiger charge is 2.23. The summed E-state index contributed by atoms with van der Waals surface area (Å²) < 4.78 is 5.21. The lowest BCUT2D eigenvalue weighted by Crippen LogP contribution is -2.40. The molecule has 0 bridgehead atoms. The van der Waals surface area contributed by atoms with Crippen LogP contribution in [0.15, 0.2) is 18.2 Å². The van der Waals surface area contributed by atoms with Crippen molar-refractivity contribution in [2.75, 3.05) is 44.5 Å². The van der Waals surface area contributed by atoms with Crippen molar-refractivity contribution in [2.24, 2.45) is 0 Å². The van der Waals surface area contributed by atoms with Crippen LogP contribution < -0.4 is 15.8 Å². The molecule has 5 nitrogen and oxygen atoms in total. The Bertz CT molecular complexity index is 509. The van der Waals surface area contributed by atoms with Gasteiger partial charge in [0.25, 0.3) is 5.91 Å². The smallest absolute Gasteiger partial charge is 0.255 e. The number of nitrogens with one attached hydrogen (secondary N) is 1. The molecule has 1 saturated heterocycles. The van der Waals surface area contributed by atoms with Gasteiger partial charge in [0.2, 0.25) is 0 Å². The summed E-state index contributed by atoms with van der Waals surface area (Å²) in [5.41, 5.74) is 6.81. The normalized spacial score (nSPS) is 17.1. The topological polar surface area (TPSA) is 67.6 Å². The minimum atomic E-state index is -0.107. The first kappa shape index (κ1) is 20.6. The van der Waals surface area contributed by atoms with E-state index in [1.54, 1.807) is 25.3 Å². The Balaban J connectivity index is 0.000000648. The summed E-state index contributed by atoms with van der Waals surface area (Å²) in [6, 6.07) is 5.54. The molecule has 0 aliphatic carbocycles. The highest BCUT2D eigenvalue weighted by Crippen LogP contribution is 2.21. The SMILES string of the molecule is CCN1CCCC1CNC(=O)c1ccc(N)cc1OC.CCSC. The van der Waals surface area contributed by atoms with Gasteiger partial charge in [0.1, 0.15) is 5.75 Å². The van der Waals surface area contributed by atoms with Crippen LogP contribution in [0.5, 0.6) is 5.75 Å². The Morgan fingerprint density at radius 2 is 2.17 bits per heavy atom. The number of likely N-dealkylation sites (tertiary alicyclic amines) is 1. The number of carbonyl (C=O) groups is 1. The van der Waals surface area contributed by atoms with Crippen LogP contribution in [0.4, 0.5) is 5.69 Å². The molecule has 136 valence electrons. The van der Waals surface area contributed by atoms with E-state index in [2.05, 4.69) is 30.3 Å². The van der Waals surface area contributed by atoms with Crippen LogP contribution in [-0.4, -0.2) is 55.6 Å². The van der Waals surface area contributed by atoms with Crippen molar-refractivity contribution < 1.29 is 9.53 Å². The second kappa shape index (κ2) is 11.2. The zero-order chi connectivity index (χ0) is 17.9. The number of nitrogens with zero attached hydrogens (tertiary/aromatic N) is 1. The summed E-state index contributed by atoms with van der Waals surface area (Å²) in [4.78, 5) is 14.6. The van der Waals surface area contributed by atoms with Gasteiger partial charge in [-0.3, -0.25) is 9.69 Å². The van der Waals surface area contributed by atoms with Gasteiger partial charge in [-0.05, 0) is 50.1 Å². The monoisotopic (exact) mass is 353 g/mol. The van der Waals surface area contributed by atoms with Crippen molar-refractivity contribution in [1.82, 2.24) is 10.2 Å². The molecule has 3 N–H and O–H groups in total. The molecule has 1 fully saturated rings. The molecule has 0 radical (unpaired) electrons. The Labute approximate surface area is 150 Å². The molecule has 0 spiro atoms. The summed E-state index contributed by atoms with van der Waals surface area (Å²) in [5.74, 6) is 1.64. The molecule has 1 aliphatic rings. The van der Waals surface area contributed by atoms with Gasteiger partial charge in [-0.25, -0.2) is 0 Å². The van der Waals surface area contributed by atoms with Crippen LogP contribution >= 0.6 is 11.8 Å². The van der Waals surface area contributed by atoms with Crippen LogP contribution in [0, 0.1) is 0 Å². The van der Waals surface area contributed by atoms with Crippen LogP contribution in [0.25, 0.3) is 0 Å². The predicted octanol–water partition coefficient (Wildman–Crippen LogP) is 2.86. The van der Waals surface area contributed by atoms with E-state index < -0.39 is 0 Å². The third-order valence-corrected chi connectivity index (χ3v) is 4.74. The number of hydrogen-bond acceptors (Lipinski definition) is 5. The van der Waals surface area contributed by atoms with Gasteiger partial charge < -0.3 is 15.8 Å². The van der Waals surface area contributed by atoms with Gasteiger partial charge in [0, 0.05) is 24.3 Å². The standard InChI is InChI=1S/C15H23N3O2.C3H8S/c1-3-18-8-4-5-12(18)10-17-15(19)13-7-6-11(16)9-14(13)20-2;1-3-4-2/h6-7,9,12H,3-5,8,10,16H2,1-2H3,(H,17,19);3H2,1-2H3. The number of thioether (sulfide) groups is 1. The maximum Gasteiger partial charge on any atom is 0.255 e. The summed E-state index contributed by atoms with van der Waals surface area (Å²) in [5, 5.41) is 3.00. The number of amides is 1. The summed E-state index contributed by atoms with van der Waals surface area (Å²) in [7, 11) is 1.54. The lowest BCUT2D eigenvalue weighted by atomic mass is 10.1. The van der Waals surface area contributed by atoms with Crippen LogP contribution in [0.3, 0.4) is 0 Å². The molecule has 2 rings (SSSR count). The maximum atomic E-state index is 12.2. The molecule has 1 aromatic carbocycles. The second-order valence-electron chi connectivity index (χ2n) is 5.67. The lowest BCUT2D eigenvalue weighted by Gasteiger charge is -2.23. The number of hydrogen-bond donors (Lipinski definition) is 2. The van der Waals surface area contributed by atoms with Crippen molar-refractivity contribution in [3.05, 3.63) is 23.8 Å². The fraction of sp³-hybridized carbons (Fsp3) is 0.611. The second-order valence-corrected chi connectivity index (χ2v) is 6.83. The summed E-state index contributed by atoms with van der Waals surface area (Å²) in [6.07, 6.45) is 4.45. The number of methoxy groups -OCH3 is 1. The lowest BCUT2D eigenvalue weighted by molar-refractivity contribution is 0.0938. The van der Waals surface area contributed by atoms with Gasteiger partial charge >= 0.3 is 0 Å². The number of rotatable bonds is 6. The van der Waals surface area contributed by atoms with E-state index in [-0.39, 0.29) is 5.91 Å². The highest BCUT2D eigenvalue weighted by atomic mass is 32.2. The van der Waals surface area contributed by atoms with E-state index >= 15 is 0 Å². The van der Waals surface area contributed by atoms with E-state index in [9.17, 15) is 4.79 Å². The first-order valence-corrected chi connectivity index (χ1v) is 9.91. The minimum absolute atomic E-state index is 0.107. The average Bonchev–Trinajstić information content (AvgIpc) is 3.07. The fourth-order valence-corrected chi connectivity index (χ4v) is 2.74. The van der Waals surface area contributed by atoms with Crippen molar-refractivity contribution in [1.29, 1.82) is 0 Å². The Hall–Kier alpha value is -1.40. The number of carbonyl (C=O) groups excluding carboxylic acids is 1. The molecule has 1 unspecified atom stereocenters. The molecule has 1 aliphatic heterocycles. The first-order chi connectivity index (χ1) is 11.6. The molecule has 0 aromatic heterocycles. The van der Waals surface area contributed by atoms with Crippen LogP contribution in [0.1, 0.15) is 37.0 Å². The zero-order valence-electron chi connectivity index (χ0n) is 15.3. The summed E-state index contributed by atoms with van der Waals surface area (Å²) in [6.45, 7) is 7.14. The van der Waals surface area contributed by atoms with Gasteiger partial charge in [-0.1, -0.05) is 13.8 Å². The van der Waals surface area contributed by atoms with Crippen molar-refractivity contribution in [3.8, 4) is 5.75 Å². The molecular formula is C18H31N3O2S. The molecular weight excluding hydrogens is 322 g/mol. The van der Waals surface area contributed by atoms with Crippen molar-refractivity contribution >= 4 is 23.4 Å². The quantitative estimate of drug-likeness (QED) is 0.770. The van der Waals surface area contributed by atoms with Crippen molar-refractivity contribution in [3.63, 3.8) is 0 Å². The minimum Gasteiger partial charge on any atom is -0.496 e. The Kier molecular flexibility index (Phi) is 9.64. The molecule has 1 atom stereocenters. The van der Waals surface area contributed by atoms with Crippen molar-refractivity contribution in [2.45, 2.75) is 32.7 Å². The van der Waals surface area contributed by atoms with Gasteiger partial charge in [-0.15, -0.1) is 0 Å². The number of benzene rings is 1. The van der Waals surface area contributed by atoms with E-state index in [1.165, 1.54) is 12.2 Å². The van der Waals surface area contributed by atoms with E-state index in [1.807, 2.05) is 11.8 Å². The van der Waals surface area contributed by atoms with Gasteiger partial charge in [0.05, 0.1) is 12.7 Å². The molecule has 1 heterocycles. The zero-order valence-corrected chi connectivity index (χ0v) is 16.1. The molecule has 1 amide bonds. The highest BCUT2D eigenvalue weighted by molar-refractivity contribution is 7.98. The predicted molar refractivity (Wildman–Crippen MR) is 104 cm³/mol. The third kappa shape index (κ3) is 6.24. The molecule has 0 saturated carbocycles. The van der Waals surface area contributed by atoms with Gasteiger partial charge in [0.15, 0.2) is 0 Å². The molecule has 1 aromatic rings. The number of nitrogen functional groups attached to an aromatic ring is 1. The first-order valence-electron chi connectivity index (χ1n) is 8.52. The Morgan fingerprint density at radius 3 is 2.75 bits per heavy atom. The van der Waals surface area contributed by atoms with E-state index in [0.29, 0.717) is 29.6 Å². The Morgan fingerprint density at radius 1 is 1.46 bits per heavy atom. The van der Waals surface area contributed by atoms with Crippen LogP contribution in [-0.2, 0) is 0 Å². The average molecular weight is 354 g/mol. The molecule has 24 heavy (non-hydrogen) atoms. The van der Waals surface area contributed by atoms with Crippen LogP contribution in [0.2, 0.25) is 0 Å². The largest absolute Gasteiger partial charge is 0.496 e. The molecule has 6 heteroatoms. The van der Waals surface area contributed by atoms with E-state index in [0.717, 1.165) is 19.5 Å². The van der Waals surface area contributed by atoms with E-state index in [4.69, 9.17) is 10.5 Å². The summed E-state index contributed by atoms with van der Waals surface area (Å²) >= 11 is 1.86. The number of ether oxygens (including phenoxy) is 1. The number of likely N-dealkylation sites (N-methyl/N-ethyl adjacent to an activating group) is 1. The number of anilines is 1. The fourth-order valence-electron chi connectivity index (χ4n) is 2.74. The van der Waals surface area contributed by atoms with Gasteiger partial charge in [-0.2, -0.15) is 11.8 Å².